The minimum Gasteiger partial charge on any atom is -0.507 e. The molecule has 2 atom stereocenters. The van der Waals surface area contributed by atoms with Crippen molar-refractivity contribution >= 4 is 17.5 Å². The van der Waals surface area contributed by atoms with E-state index < -0.39 is 6.10 Å². The Balaban J connectivity index is 1.77. The standard InChI is InChI=1S/C17H20ClN3O3/c1-20-8-6-19-16(20)15(23)11-3-2-7-21(10-11)17(24)13-9-12(18)4-5-14(13)22/h4-6,8-9,11,15,22-23H,2-3,7,10H2,1H3. The Hall–Kier alpha value is -2.05. The molecule has 1 aromatic heterocycles. The molecule has 0 spiro atoms. The molecule has 2 heterocycles. The third-order valence-corrected chi connectivity index (χ3v) is 4.74. The smallest absolute Gasteiger partial charge is 0.257 e. The molecule has 2 N–H and O–H groups in total. The van der Waals surface area contributed by atoms with E-state index in [4.69, 9.17) is 11.6 Å². The summed E-state index contributed by atoms with van der Waals surface area (Å²) in [6, 6.07) is 4.43. The lowest BCUT2D eigenvalue weighted by Crippen LogP contribution is -2.42. The van der Waals surface area contributed by atoms with Crippen LogP contribution in [0.4, 0.5) is 0 Å². The predicted octanol–water partition coefficient (Wildman–Crippen LogP) is 2.36. The molecule has 7 heteroatoms. The van der Waals surface area contributed by atoms with E-state index in [9.17, 15) is 15.0 Å². The van der Waals surface area contributed by atoms with Crippen LogP contribution in [-0.4, -0.2) is 43.7 Å². The van der Waals surface area contributed by atoms with Crippen LogP contribution in [0.3, 0.4) is 0 Å². The van der Waals surface area contributed by atoms with Crippen LogP contribution in [0, 0.1) is 5.92 Å². The Bertz CT molecular complexity index is 746. The van der Waals surface area contributed by atoms with Gasteiger partial charge in [-0.15, -0.1) is 0 Å². The van der Waals surface area contributed by atoms with Gasteiger partial charge in [0.1, 0.15) is 17.7 Å². The summed E-state index contributed by atoms with van der Waals surface area (Å²) in [5.41, 5.74) is 0.189. The molecule has 24 heavy (non-hydrogen) atoms. The Morgan fingerprint density at radius 1 is 1.46 bits per heavy atom. The van der Waals surface area contributed by atoms with E-state index in [1.807, 2.05) is 7.05 Å². The first-order chi connectivity index (χ1) is 11.5. The molecule has 2 unspecified atom stereocenters. The van der Waals surface area contributed by atoms with Crippen LogP contribution in [0.5, 0.6) is 5.75 Å². The number of imidazole rings is 1. The molecule has 1 fully saturated rings. The number of aromatic nitrogens is 2. The van der Waals surface area contributed by atoms with E-state index >= 15 is 0 Å². The van der Waals surface area contributed by atoms with E-state index in [2.05, 4.69) is 4.98 Å². The maximum absolute atomic E-state index is 12.7. The van der Waals surface area contributed by atoms with Crippen LogP contribution >= 0.6 is 11.6 Å². The maximum Gasteiger partial charge on any atom is 0.257 e. The number of likely N-dealkylation sites (tertiary alicyclic amines) is 1. The number of hydrogen-bond donors (Lipinski definition) is 2. The molecule has 0 bridgehead atoms. The van der Waals surface area contributed by atoms with Gasteiger partial charge in [0.15, 0.2) is 0 Å². The van der Waals surface area contributed by atoms with Crippen molar-refractivity contribution in [2.75, 3.05) is 13.1 Å². The summed E-state index contributed by atoms with van der Waals surface area (Å²) in [5, 5.41) is 20.9. The Labute approximate surface area is 145 Å². The second kappa shape index (κ2) is 6.83. The summed E-state index contributed by atoms with van der Waals surface area (Å²) in [6.45, 7) is 1.01. The number of carbonyl (C=O) groups is 1. The van der Waals surface area contributed by atoms with Gasteiger partial charge in [-0.25, -0.2) is 4.98 Å². The molecule has 3 rings (SSSR count). The molecular formula is C17H20ClN3O3. The monoisotopic (exact) mass is 349 g/mol. The molecular weight excluding hydrogens is 330 g/mol. The number of aromatic hydroxyl groups is 1. The molecule has 0 radical (unpaired) electrons. The lowest BCUT2D eigenvalue weighted by molar-refractivity contribution is 0.0357. The van der Waals surface area contributed by atoms with E-state index in [1.54, 1.807) is 21.9 Å². The minimum atomic E-state index is -0.728. The summed E-state index contributed by atoms with van der Waals surface area (Å²) >= 11 is 5.93. The van der Waals surface area contributed by atoms with E-state index in [1.165, 1.54) is 18.2 Å². The number of piperidine rings is 1. The predicted molar refractivity (Wildman–Crippen MR) is 89.9 cm³/mol. The van der Waals surface area contributed by atoms with E-state index in [0.717, 1.165) is 12.8 Å². The van der Waals surface area contributed by atoms with Crippen LogP contribution in [-0.2, 0) is 7.05 Å². The highest BCUT2D eigenvalue weighted by Crippen LogP contribution is 2.31. The first kappa shape index (κ1) is 16.8. The SMILES string of the molecule is Cn1ccnc1C(O)C1CCCN(C(=O)c2cc(Cl)ccc2O)C1. The topological polar surface area (TPSA) is 78.6 Å². The summed E-state index contributed by atoms with van der Waals surface area (Å²) in [5.74, 6) is 0.146. The van der Waals surface area contributed by atoms with Crippen molar-refractivity contribution in [3.8, 4) is 5.75 Å². The molecule has 2 aromatic rings. The molecule has 6 nitrogen and oxygen atoms in total. The van der Waals surface area contributed by atoms with Crippen molar-refractivity contribution in [3.05, 3.63) is 47.0 Å². The van der Waals surface area contributed by atoms with Gasteiger partial charge in [-0.2, -0.15) is 0 Å². The van der Waals surface area contributed by atoms with Crippen molar-refractivity contribution in [2.45, 2.75) is 18.9 Å². The minimum absolute atomic E-state index is 0.0869. The van der Waals surface area contributed by atoms with Gasteiger partial charge in [-0.3, -0.25) is 4.79 Å². The summed E-state index contributed by atoms with van der Waals surface area (Å²) < 4.78 is 1.79. The van der Waals surface area contributed by atoms with Crippen molar-refractivity contribution in [1.82, 2.24) is 14.5 Å². The number of aliphatic hydroxyl groups excluding tert-OH is 1. The zero-order valence-electron chi connectivity index (χ0n) is 13.4. The second-order valence-corrected chi connectivity index (χ2v) is 6.59. The van der Waals surface area contributed by atoms with Gasteiger partial charge < -0.3 is 19.7 Å². The van der Waals surface area contributed by atoms with Gasteiger partial charge in [0.2, 0.25) is 0 Å². The van der Waals surface area contributed by atoms with Crippen molar-refractivity contribution in [2.24, 2.45) is 13.0 Å². The lowest BCUT2D eigenvalue weighted by Gasteiger charge is -2.35. The average Bonchev–Trinajstić information content (AvgIpc) is 3.02. The zero-order chi connectivity index (χ0) is 17.3. The summed E-state index contributed by atoms with van der Waals surface area (Å²) in [6.07, 6.45) is 4.31. The number of aryl methyl sites for hydroxylation is 1. The maximum atomic E-state index is 12.7. The van der Waals surface area contributed by atoms with Crippen LogP contribution in [0.25, 0.3) is 0 Å². The first-order valence-corrected chi connectivity index (χ1v) is 8.28. The molecule has 1 aliphatic heterocycles. The van der Waals surface area contributed by atoms with Crippen LogP contribution < -0.4 is 0 Å². The Morgan fingerprint density at radius 2 is 2.25 bits per heavy atom. The number of hydrogen-bond acceptors (Lipinski definition) is 4. The number of nitrogens with zero attached hydrogens (tertiary/aromatic N) is 3. The first-order valence-electron chi connectivity index (χ1n) is 7.90. The van der Waals surface area contributed by atoms with Crippen LogP contribution in [0.2, 0.25) is 5.02 Å². The van der Waals surface area contributed by atoms with Gasteiger partial charge in [0, 0.05) is 43.5 Å². The van der Waals surface area contributed by atoms with Gasteiger partial charge in [0.05, 0.1) is 5.56 Å². The second-order valence-electron chi connectivity index (χ2n) is 6.16. The lowest BCUT2D eigenvalue weighted by atomic mass is 9.91. The number of aliphatic hydroxyl groups is 1. The fraction of sp³-hybridized carbons (Fsp3) is 0.412. The molecule has 1 saturated heterocycles. The highest BCUT2D eigenvalue weighted by atomic mass is 35.5. The number of phenolic OH excluding ortho intramolecular Hbond substituents is 1. The molecule has 128 valence electrons. The Kier molecular flexibility index (Phi) is 4.78. The highest BCUT2D eigenvalue weighted by molar-refractivity contribution is 6.31. The molecule has 0 saturated carbocycles. The normalized spacial score (nSPS) is 19.3. The highest BCUT2D eigenvalue weighted by Gasteiger charge is 2.32. The quantitative estimate of drug-likeness (QED) is 0.891. The van der Waals surface area contributed by atoms with Crippen LogP contribution in [0.1, 0.15) is 35.1 Å². The zero-order valence-corrected chi connectivity index (χ0v) is 14.1. The largest absolute Gasteiger partial charge is 0.507 e. The average molecular weight is 350 g/mol. The number of rotatable bonds is 3. The van der Waals surface area contributed by atoms with Crippen molar-refractivity contribution < 1.29 is 15.0 Å². The fourth-order valence-corrected chi connectivity index (χ4v) is 3.35. The fourth-order valence-electron chi connectivity index (χ4n) is 3.18. The van der Waals surface area contributed by atoms with Gasteiger partial charge in [0.25, 0.3) is 5.91 Å². The van der Waals surface area contributed by atoms with Crippen LogP contribution in [0.15, 0.2) is 30.6 Å². The summed E-state index contributed by atoms with van der Waals surface area (Å²) in [4.78, 5) is 18.6. The third-order valence-electron chi connectivity index (χ3n) is 4.50. The molecule has 0 aliphatic carbocycles. The summed E-state index contributed by atoms with van der Waals surface area (Å²) in [7, 11) is 1.83. The molecule has 1 aromatic carbocycles. The number of benzene rings is 1. The number of amides is 1. The van der Waals surface area contributed by atoms with Gasteiger partial charge >= 0.3 is 0 Å². The third kappa shape index (κ3) is 3.25. The van der Waals surface area contributed by atoms with Crippen molar-refractivity contribution in [1.29, 1.82) is 0 Å². The van der Waals surface area contributed by atoms with Gasteiger partial charge in [-0.05, 0) is 31.0 Å². The molecule has 1 amide bonds. The van der Waals surface area contributed by atoms with Crippen molar-refractivity contribution in [3.63, 3.8) is 0 Å². The number of halogens is 1. The Morgan fingerprint density at radius 3 is 2.96 bits per heavy atom. The number of carbonyl (C=O) groups excluding carboxylic acids is 1. The number of phenols is 1. The van der Waals surface area contributed by atoms with E-state index in [-0.39, 0.29) is 23.1 Å². The van der Waals surface area contributed by atoms with E-state index in [0.29, 0.717) is 23.9 Å². The molecule has 1 aliphatic rings. The van der Waals surface area contributed by atoms with Gasteiger partial charge in [-0.1, -0.05) is 11.6 Å².